The summed E-state index contributed by atoms with van der Waals surface area (Å²) in [5.74, 6) is 0.479. The Morgan fingerprint density at radius 3 is 2.06 bits per heavy atom. The average molecular weight is 247 g/mol. The van der Waals surface area contributed by atoms with Gasteiger partial charge in [-0.25, -0.2) is 4.39 Å². The second-order valence-electron chi connectivity index (χ2n) is 3.58. The summed E-state index contributed by atoms with van der Waals surface area (Å²) in [6, 6.07) is 16.0. The molecule has 0 atom stereocenters. The van der Waals surface area contributed by atoms with Crippen molar-refractivity contribution in [2.24, 2.45) is 5.73 Å². The highest BCUT2D eigenvalue weighted by Crippen LogP contribution is 2.10. The normalized spacial score (nSPS) is 9.28. The van der Waals surface area contributed by atoms with Crippen molar-refractivity contribution in [2.75, 3.05) is 6.61 Å². The van der Waals surface area contributed by atoms with Crippen molar-refractivity contribution in [1.82, 2.24) is 0 Å². The molecule has 2 aromatic carbocycles. The Hall–Kier alpha value is -1.87. The van der Waals surface area contributed by atoms with Crippen LogP contribution in [0.1, 0.15) is 12.5 Å². The van der Waals surface area contributed by atoms with E-state index in [9.17, 15) is 4.39 Å². The third kappa shape index (κ3) is 5.46. The summed E-state index contributed by atoms with van der Waals surface area (Å²) in [5.41, 5.74) is 6.54. The van der Waals surface area contributed by atoms with E-state index in [-0.39, 0.29) is 5.82 Å². The molecule has 18 heavy (non-hydrogen) atoms. The lowest BCUT2D eigenvalue weighted by atomic mass is 10.2. The van der Waals surface area contributed by atoms with E-state index in [1.54, 1.807) is 12.1 Å². The fraction of sp³-hybridized carbons (Fsp3) is 0.200. The van der Waals surface area contributed by atoms with Gasteiger partial charge < -0.3 is 10.5 Å². The highest BCUT2D eigenvalue weighted by atomic mass is 19.1. The van der Waals surface area contributed by atoms with Crippen molar-refractivity contribution >= 4 is 0 Å². The standard InChI is InChI=1S/C8H9FO.C7H9N/c1-2-10-8-5-3-7(9)4-6-8;8-6-7-4-2-1-3-5-7/h3-6H,2H2,1H3;1-5H,6,8H2. The van der Waals surface area contributed by atoms with Gasteiger partial charge >= 0.3 is 0 Å². The second-order valence-corrected chi connectivity index (χ2v) is 3.58. The van der Waals surface area contributed by atoms with Crippen LogP contribution in [-0.4, -0.2) is 6.61 Å². The van der Waals surface area contributed by atoms with E-state index in [2.05, 4.69) is 0 Å². The van der Waals surface area contributed by atoms with Crippen LogP contribution < -0.4 is 10.5 Å². The van der Waals surface area contributed by atoms with Gasteiger partial charge in [-0.05, 0) is 36.8 Å². The number of rotatable bonds is 3. The fourth-order valence-corrected chi connectivity index (χ4v) is 1.31. The maximum absolute atomic E-state index is 12.3. The predicted molar refractivity (Wildman–Crippen MR) is 71.9 cm³/mol. The molecule has 3 heteroatoms. The predicted octanol–water partition coefficient (Wildman–Crippen LogP) is 3.37. The number of halogens is 1. The van der Waals surface area contributed by atoms with E-state index >= 15 is 0 Å². The molecule has 0 radical (unpaired) electrons. The number of benzene rings is 2. The molecule has 0 aliphatic rings. The molecule has 0 fully saturated rings. The van der Waals surface area contributed by atoms with Gasteiger partial charge in [-0.1, -0.05) is 30.3 Å². The molecule has 0 spiro atoms. The smallest absolute Gasteiger partial charge is 0.123 e. The molecule has 0 saturated carbocycles. The third-order valence-corrected chi connectivity index (χ3v) is 2.20. The fourth-order valence-electron chi connectivity index (χ4n) is 1.31. The van der Waals surface area contributed by atoms with Crippen LogP contribution in [0.4, 0.5) is 4.39 Å². The van der Waals surface area contributed by atoms with Crippen molar-refractivity contribution in [3.8, 4) is 5.75 Å². The lowest BCUT2D eigenvalue weighted by Gasteiger charge is -2.00. The quantitative estimate of drug-likeness (QED) is 0.902. The van der Waals surface area contributed by atoms with E-state index in [1.165, 1.54) is 17.7 Å². The van der Waals surface area contributed by atoms with Gasteiger partial charge in [0.1, 0.15) is 11.6 Å². The van der Waals surface area contributed by atoms with Crippen LogP contribution in [0.2, 0.25) is 0 Å². The molecule has 2 N–H and O–H groups in total. The van der Waals surface area contributed by atoms with Crippen LogP contribution in [-0.2, 0) is 6.54 Å². The minimum absolute atomic E-state index is 0.233. The van der Waals surface area contributed by atoms with E-state index in [0.717, 1.165) is 0 Å². The Morgan fingerprint density at radius 1 is 1.00 bits per heavy atom. The maximum Gasteiger partial charge on any atom is 0.123 e. The van der Waals surface area contributed by atoms with Gasteiger partial charge in [-0.2, -0.15) is 0 Å². The van der Waals surface area contributed by atoms with Crippen LogP contribution in [0.5, 0.6) is 5.75 Å². The Kier molecular flexibility index (Phi) is 6.51. The minimum Gasteiger partial charge on any atom is -0.494 e. The molecule has 0 amide bonds. The van der Waals surface area contributed by atoms with Crippen molar-refractivity contribution < 1.29 is 9.13 Å². The zero-order valence-electron chi connectivity index (χ0n) is 10.5. The van der Waals surface area contributed by atoms with Crippen molar-refractivity contribution in [1.29, 1.82) is 0 Å². The topological polar surface area (TPSA) is 35.2 Å². The average Bonchev–Trinajstić information content (AvgIpc) is 2.43. The summed E-state index contributed by atoms with van der Waals surface area (Å²) >= 11 is 0. The van der Waals surface area contributed by atoms with Crippen molar-refractivity contribution in [3.05, 3.63) is 66.0 Å². The first kappa shape index (κ1) is 14.2. The lowest BCUT2D eigenvalue weighted by molar-refractivity contribution is 0.339. The van der Waals surface area contributed by atoms with Crippen molar-refractivity contribution in [2.45, 2.75) is 13.5 Å². The van der Waals surface area contributed by atoms with Crippen LogP contribution in [0.15, 0.2) is 54.6 Å². The summed E-state index contributed by atoms with van der Waals surface area (Å²) < 4.78 is 17.4. The largest absolute Gasteiger partial charge is 0.494 e. The van der Waals surface area contributed by atoms with E-state index in [4.69, 9.17) is 10.5 Å². The molecule has 0 aliphatic heterocycles. The van der Waals surface area contributed by atoms with E-state index in [1.807, 2.05) is 37.3 Å². The third-order valence-electron chi connectivity index (χ3n) is 2.20. The molecule has 0 aliphatic carbocycles. The molecule has 0 heterocycles. The van der Waals surface area contributed by atoms with Gasteiger partial charge in [0, 0.05) is 6.54 Å². The zero-order chi connectivity index (χ0) is 13.2. The van der Waals surface area contributed by atoms with Crippen LogP contribution in [0.3, 0.4) is 0 Å². The molecule has 2 rings (SSSR count). The van der Waals surface area contributed by atoms with Gasteiger partial charge in [-0.3, -0.25) is 0 Å². The Labute approximate surface area is 107 Å². The summed E-state index contributed by atoms with van der Waals surface area (Å²) in [6.07, 6.45) is 0. The highest BCUT2D eigenvalue weighted by molar-refractivity contribution is 5.21. The second kappa shape index (κ2) is 8.25. The number of hydrogen-bond donors (Lipinski definition) is 1. The summed E-state index contributed by atoms with van der Waals surface area (Å²) in [7, 11) is 0. The molecule has 96 valence electrons. The number of hydrogen-bond acceptors (Lipinski definition) is 2. The van der Waals surface area contributed by atoms with Gasteiger partial charge in [0.15, 0.2) is 0 Å². The van der Waals surface area contributed by atoms with Crippen LogP contribution in [0, 0.1) is 5.82 Å². The summed E-state index contributed by atoms with van der Waals surface area (Å²) in [5, 5.41) is 0. The SMILES string of the molecule is CCOc1ccc(F)cc1.NCc1ccccc1. The van der Waals surface area contributed by atoms with Crippen LogP contribution in [0.25, 0.3) is 0 Å². The zero-order valence-corrected chi connectivity index (χ0v) is 10.5. The van der Waals surface area contributed by atoms with Gasteiger partial charge in [-0.15, -0.1) is 0 Å². The Balaban J connectivity index is 0.000000184. The van der Waals surface area contributed by atoms with Gasteiger partial charge in [0.25, 0.3) is 0 Å². The molecular weight excluding hydrogens is 229 g/mol. The maximum atomic E-state index is 12.3. The van der Waals surface area contributed by atoms with E-state index in [0.29, 0.717) is 18.9 Å². The monoisotopic (exact) mass is 247 g/mol. The van der Waals surface area contributed by atoms with Crippen LogP contribution >= 0.6 is 0 Å². The molecule has 0 unspecified atom stereocenters. The molecule has 0 saturated heterocycles. The Bertz CT molecular complexity index is 428. The Morgan fingerprint density at radius 2 is 1.61 bits per heavy atom. The van der Waals surface area contributed by atoms with Gasteiger partial charge in [0.2, 0.25) is 0 Å². The van der Waals surface area contributed by atoms with E-state index < -0.39 is 0 Å². The lowest BCUT2D eigenvalue weighted by Crippen LogP contribution is -1.94. The minimum atomic E-state index is -0.233. The summed E-state index contributed by atoms with van der Waals surface area (Å²) in [6.45, 7) is 3.15. The summed E-state index contributed by atoms with van der Waals surface area (Å²) in [4.78, 5) is 0. The number of ether oxygens (including phenoxy) is 1. The first-order chi connectivity index (χ1) is 8.76. The molecule has 2 nitrogen and oxygen atoms in total. The highest BCUT2D eigenvalue weighted by Gasteiger charge is 1.90. The van der Waals surface area contributed by atoms with Crippen molar-refractivity contribution in [3.63, 3.8) is 0 Å². The number of nitrogens with two attached hydrogens (primary N) is 1. The molecular formula is C15H18FNO. The first-order valence-corrected chi connectivity index (χ1v) is 5.88. The molecule has 2 aromatic rings. The van der Waals surface area contributed by atoms with Gasteiger partial charge in [0.05, 0.1) is 6.61 Å². The first-order valence-electron chi connectivity index (χ1n) is 5.88. The molecule has 0 aromatic heterocycles. The molecule has 0 bridgehead atoms.